The number of para-hydroxylation sites is 2. The van der Waals surface area contributed by atoms with Crippen LogP contribution in [0.25, 0.3) is 11.0 Å². The summed E-state index contributed by atoms with van der Waals surface area (Å²) >= 11 is 0. The lowest BCUT2D eigenvalue weighted by Crippen LogP contribution is -2.11. The molecule has 3 aromatic rings. The van der Waals surface area contributed by atoms with Crippen molar-refractivity contribution in [2.24, 2.45) is 0 Å². The van der Waals surface area contributed by atoms with Gasteiger partial charge in [-0.3, -0.25) is 4.57 Å². The van der Waals surface area contributed by atoms with Gasteiger partial charge in [0.2, 0.25) is 0 Å². The van der Waals surface area contributed by atoms with E-state index in [0.717, 1.165) is 16.8 Å². The molecule has 4 heteroatoms. The van der Waals surface area contributed by atoms with Crippen molar-refractivity contribution in [2.75, 3.05) is 0 Å². The lowest BCUT2D eigenvalue weighted by atomic mass is 10.2. The molecule has 3 rings (SSSR count). The largest absolute Gasteiger partial charge is 0.473 e. The number of aliphatic hydroxyl groups excluding tert-OH is 1. The molecule has 21 heavy (non-hydrogen) atoms. The number of aliphatic hydroxyl groups is 1. The smallest absolute Gasteiger partial charge is 0.166 e. The van der Waals surface area contributed by atoms with Crippen molar-refractivity contribution in [3.8, 4) is 5.75 Å². The van der Waals surface area contributed by atoms with Crippen LogP contribution in [-0.4, -0.2) is 14.7 Å². The summed E-state index contributed by atoms with van der Waals surface area (Å²) in [7, 11) is 0. The highest BCUT2D eigenvalue weighted by Crippen LogP contribution is 2.21. The minimum absolute atomic E-state index is 0.323. The fourth-order valence-electron chi connectivity index (χ4n) is 2.32. The minimum Gasteiger partial charge on any atom is -0.473 e. The molecule has 0 saturated heterocycles. The molecule has 1 atom stereocenters. The molecule has 0 aliphatic heterocycles. The van der Waals surface area contributed by atoms with E-state index in [1.807, 2.05) is 60.0 Å². The number of aromatic nitrogens is 2. The van der Waals surface area contributed by atoms with Gasteiger partial charge < -0.3 is 9.84 Å². The SMILES string of the molecule is Cc1ccc(OCn2c(C(C)O)nc3ccccc32)cc1. The molecule has 0 fully saturated rings. The molecular weight excluding hydrogens is 264 g/mol. The van der Waals surface area contributed by atoms with Gasteiger partial charge in [-0.05, 0) is 38.1 Å². The normalized spacial score (nSPS) is 12.5. The van der Waals surface area contributed by atoms with Crippen molar-refractivity contribution in [1.82, 2.24) is 9.55 Å². The van der Waals surface area contributed by atoms with Gasteiger partial charge in [-0.25, -0.2) is 4.98 Å². The Morgan fingerprint density at radius 1 is 1.14 bits per heavy atom. The number of hydrogen-bond donors (Lipinski definition) is 1. The van der Waals surface area contributed by atoms with Crippen molar-refractivity contribution < 1.29 is 9.84 Å². The first-order valence-corrected chi connectivity index (χ1v) is 6.98. The molecular formula is C17H18N2O2. The standard InChI is InChI=1S/C17H18N2O2/c1-12-7-9-14(10-8-12)21-11-19-16-6-4-3-5-15(16)18-17(19)13(2)20/h3-10,13,20H,11H2,1-2H3. The Kier molecular flexibility index (Phi) is 3.62. The average molecular weight is 282 g/mol. The van der Waals surface area contributed by atoms with E-state index >= 15 is 0 Å². The van der Waals surface area contributed by atoms with E-state index in [1.165, 1.54) is 5.56 Å². The zero-order chi connectivity index (χ0) is 14.8. The highest BCUT2D eigenvalue weighted by Gasteiger charge is 2.14. The van der Waals surface area contributed by atoms with E-state index in [-0.39, 0.29) is 0 Å². The maximum Gasteiger partial charge on any atom is 0.166 e. The first-order chi connectivity index (χ1) is 10.1. The molecule has 0 radical (unpaired) electrons. The number of benzene rings is 2. The average Bonchev–Trinajstić information content (AvgIpc) is 2.86. The summed E-state index contributed by atoms with van der Waals surface area (Å²) in [4.78, 5) is 4.47. The zero-order valence-electron chi connectivity index (χ0n) is 12.2. The molecule has 2 aromatic carbocycles. The van der Waals surface area contributed by atoms with Gasteiger partial charge in [0.15, 0.2) is 6.73 Å². The zero-order valence-corrected chi connectivity index (χ0v) is 12.2. The van der Waals surface area contributed by atoms with E-state index in [0.29, 0.717) is 12.6 Å². The molecule has 0 aliphatic rings. The number of rotatable bonds is 4. The summed E-state index contributed by atoms with van der Waals surface area (Å²) in [5.74, 6) is 1.42. The molecule has 108 valence electrons. The van der Waals surface area contributed by atoms with Crippen LogP contribution in [0.4, 0.5) is 0 Å². The highest BCUT2D eigenvalue weighted by molar-refractivity contribution is 5.75. The second-order valence-corrected chi connectivity index (χ2v) is 5.15. The number of fused-ring (bicyclic) bond motifs is 1. The Bertz CT molecular complexity index is 745. The van der Waals surface area contributed by atoms with Gasteiger partial charge in [0.25, 0.3) is 0 Å². The molecule has 4 nitrogen and oxygen atoms in total. The fourth-order valence-corrected chi connectivity index (χ4v) is 2.32. The number of ether oxygens (including phenoxy) is 1. The topological polar surface area (TPSA) is 47.3 Å². The first kappa shape index (κ1) is 13.6. The molecule has 0 amide bonds. The quantitative estimate of drug-likeness (QED) is 0.797. The maximum atomic E-state index is 9.90. The fraction of sp³-hybridized carbons (Fsp3) is 0.235. The van der Waals surface area contributed by atoms with Gasteiger partial charge in [0, 0.05) is 0 Å². The monoisotopic (exact) mass is 282 g/mol. The molecule has 0 spiro atoms. The minimum atomic E-state index is -0.640. The molecule has 0 bridgehead atoms. The van der Waals surface area contributed by atoms with Crippen molar-refractivity contribution in [1.29, 1.82) is 0 Å². The number of aryl methyl sites for hydroxylation is 1. The van der Waals surface area contributed by atoms with Crippen molar-refractivity contribution in [2.45, 2.75) is 26.7 Å². The van der Waals surface area contributed by atoms with Crippen LogP contribution in [0.5, 0.6) is 5.75 Å². The van der Waals surface area contributed by atoms with Crippen LogP contribution in [0, 0.1) is 6.92 Å². The van der Waals surface area contributed by atoms with Gasteiger partial charge in [-0.1, -0.05) is 29.8 Å². The Balaban J connectivity index is 1.91. The summed E-state index contributed by atoms with van der Waals surface area (Å²) < 4.78 is 7.72. The van der Waals surface area contributed by atoms with Crippen LogP contribution < -0.4 is 4.74 Å². The molecule has 1 unspecified atom stereocenters. The van der Waals surface area contributed by atoms with Gasteiger partial charge in [-0.2, -0.15) is 0 Å². The Morgan fingerprint density at radius 3 is 2.57 bits per heavy atom. The lowest BCUT2D eigenvalue weighted by Gasteiger charge is -2.12. The van der Waals surface area contributed by atoms with Gasteiger partial charge in [0.1, 0.15) is 17.7 Å². The van der Waals surface area contributed by atoms with Crippen molar-refractivity contribution >= 4 is 11.0 Å². The van der Waals surface area contributed by atoms with Crippen LogP contribution in [-0.2, 0) is 6.73 Å². The van der Waals surface area contributed by atoms with E-state index < -0.39 is 6.10 Å². The number of nitrogens with zero attached hydrogens (tertiary/aromatic N) is 2. The predicted molar refractivity (Wildman–Crippen MR) is 82.2 cm³/mol. The second kappa shape index (κ2) is 5.58. The van der Waals surface area contributed by atoms with Crippen LogP contribution >= 0.6 is 0 Å². The lowest BCUT2D eigenvalue weighted by molar-refractivity contribution is 0.167. The van der Waals surface area contributed by atoms with Crippen LogP contribution in [0.15, 0.2) is 48.5 Å². The molecule has 1 aromatic heterocycles. The van der Waals surface area contributed by atoms with Crippen molar-refractivity contribution in [3.63, 3.8) is 0 Å². The van der Waals surface area contributed by atoms with E-state index in [9.17, 15) is 5.11 Å². The van der Waals surface area contributed by atoms with Gasteiger partial charge in [-0.15, -0.1) is 0 Å². The maximum absolute atomic E-state index is 9.90. The first-order valence-electron chi connectivity index (χ1n) is 6.98. The van der Waals surface area contributed by atoms with E-state index in [1.54, 1.807) is 6.92 Å². The summed E-state index contributed by atoms with van der Waals surface area (Å²) in [5, 5.41) is 9.90. The van der Waals surface area contributed by atoms with Gasteiger partial charge in [0.05, 0.1) is 11.0 Å². The molecule has 0 aliphatic carbocycles. The second-order valence-electron chi connectivity index (χ2n) is 5.15. The summed E-state index contributed by atoms with van der Waals surface area (Å²) in [6.45, 7) is 4.08. The number of hydrogen-bond acceptors (Lipinski definition) is 3. The summed E-state index contributed by atoms with van der Waals surface area (Å²) in [6, 6.07) is 15.7. The van der Waals surface area contributed by atoms with E-state index in [4.69, 9.17) is 4.74 Å². The predicted octanol–water partition coefficient (Wildman–Crippen LogP) is 3.43. The van der Waals surface area contributed by atoms with Crippen LogP contribution in [0.2, 0.25) is 0 Å². The number of imidazole rings is 1. The van der Waals surface area contributed by atoms with Crippen LogP contribution in [0.3, 0.4) is 0 Å². The van der Waals surface area contributed by atoms with E-state index in [2.05, 4.69) is 4.98 Å². The molecule has 1 N–H and O–H groups in total. The Morgan fingerprint density at radius 2 is 1.86 bits per heavy atom. The molecule has 1 heterocycles. The summed E-state index contributed by atoms with van der Waals surface area (Å²) in [6.07, 6.45) is -0.640. The van der Waals surface area contributed by atoms with Crippen LogP contribution in [0.1, 0.15) is 24.4 Å². The molecule has 0 saturated carbocycles. The highest BCUT2D eigenvalue weighted by atomic mass is 16.5. The van der Waals surface area contributed by atoms with Crippen molar-refractivity contribution in [3.05, 3.63) is 59.9 Å². The Hall–Kier alpha value is -2.33. The third kappa shape index (κ3) is 2.76. The van der Waals surface area contributed by atoms with Gasteiger partial charge >= 0.3 is 0 Å². The Labute approximate surface area is 123 Å². The summed E-state index contributed by atoms with van der Waals surface area (Å²) in [5.41, 5.74) is 3.02. The third-order valence-electron chi connectivity index (χ3n) is 3.44. The third-order valence-corrected chi connectivity index (χ3v) is 3.44.